The maximum atomic E-state index is 5.60. The van der Waals surface area contributed by atoms with Crippen molar-refractivity contribution in [2.75, 3.05) is 52.4 Å². The minimum absolute atomic E-state index is 0.355. The first-order valence-electron chi connectivity index (χ1n) is 7.37. The smallest absolute Gasteiger partial charge is 0.0596 e. The predicted octanol–water partition coefficient (Wildman–Crippen LogP) is 1.03. The van der Waals surface area contributed by atoms with Crippen molar-refractivity contribution in [1.29, 1.82) is 0 Å². The number of nitrogens with one attached hydrogen (secondary N) is 1. The van der Waals surface area contributed by atoms with Gasteiger partial charge in [-0.25, -0.2) is 0 Å². The summed E-state index contributed by atoms with van der Waals surface area (Å²) < 4.78 is 5.60. The Bertz CT molecular complexity index is 179. The Hall–Kier alpha value is -0.160. The second-order valence-electron chi connectivity index (χ2n) is 5.71. The van der Waals surface area contributed by atoms with Crippen LogP contribution in [0.5, 0.6) is 0 Å². The molecule has 1 saturated heterocycles. The molecule has 1 heterocycles. The highest BCUT2D eigenvalue weighted by molar-refractivity contribution is 4.72. The summed E-state index contributed by atoms with van der Waals surface area (Å²) in [5.41, 5.74) is 0. The molecule has 0 bridgehead atoms. The van der Waals surface area contributed by atoms with Gasteiger partial charge in [0.25, 0.3) is 0 Å². The first-order chi connectivity index (χ1) is 8.58. The zero-order valence-electron chi connectivity index (χ0n) is 12.6. The van der Waals surface area contributed by atoms with E-state index in [1.807, 2.05) is 0 Å². The van der Waals surface area contributed by atoms with Crippen molar-refractivity contribution in [3.63, 3.8) is 0 Å². The fourth-order valence-corrected chi connectivity index (χ4v) is 2.17. The molecule has 0 aromatic carbocycles. The minimum atomic E-state index is 0.355. The highest BCUT2D eigenvalue weighted by Gasteiger charge is 2.16. The molecule has 0 atom stereocenters. The van der Waals surface area contributed by atoms with Crippen LogP contribution in [0.3, 0.4) is 0 Å². The van der Waals surface area contributed by atoms with E-state index in [0.29, 0.717) is 12.1 Å². The van der Waals surface area contributed by atoms with Crippen LogP contribution in [0.2, 0.25) is 0 Å². The van der Waals surface area contributed by atoms with Crippen molar-refractivity contribution < 1.29 is 4.74 Å². The van der Waals surface area contributed by atoms with Gasteiger partial charge in [0.15, 0.2) is 0 Å². The van der Waals surface area contributed by atoms with Crippen molar-refractivity contribution in [2.24, 2.45) is 0 Å². The lowest BCUT2D eigenvalue weighted by atomic mass is 10.3. The fraction of sp³-hybridized carbons (Fsp3) is 1.00. The molecule has 4 heteroatoms. The van der Waals surface area contributed by atoms with E-state index in [1.54, 1.807) is 0 Å². The van der Waals surface area contributed by atoms with Gasteiger partial charge in [0.1, 0.15) is 0 Å². The van der Waals surface area contributed by atoms with Crippen LogP contribution in [0.25, 0.3) is 0 Å². The molecule has 4 nitrogen and oxygen atoms in total. The van der Waals surface area contributed by atoms with Gasteiger partial charge in [-0.05, 0) is 13.8 Å². The molecule has 108 valence electrons. The average Bonchev–Trinajstić information content (AvgIpc) is 2.30. The van der Waals surface area contributed by atoms with Gasteiger partial charge >= 0.3 is 0 Å². The Morgan fingerprint density at radius 2 is 1.50 bits per heavy atom. The quantitative estimate of drug-likeness (QED) is 0.703. The molecule has 1 aliphatic rings. The monoisotopic (exact) mass is 257 g/mol. The molecule has 1 N–H and O–H groups in total. The molecule has 0 spiro atoms. The van der Waals surface area contributed by atoms with E-state index in [0.717, 1.165) is 19.7 Å². The van der Waals surface area contributed by atoms with Gasteiger partial charge in [-0.15, -0.1) is 0 Å². The zero-order valence-corrected chi connectivity index (χ0v) is 12.6. The molecule has 0 radical (unpaired) electrons. The van der Waals surface area contributed by atoms with E-state index in [2.05, 4.69) is 42.8 Å². The van der Waals surface area contributed by atoms with Crippen molar-refractivity contribution in [3.8, 4) is 0 Å². The number of hydrogen-bond acceptors (Lipinski definition) is 4. The Labute approximate surface area is 113 Å². The van der Waals surface area contributed by atoms with Gasteiger partial charge < -0.3 is 10.1 Å². The molecule has 18 heavy (non-hydrogen) atoms. The van der Waals surface area contributed by atoms with Crippen LogP contribution in [0, 0.1) is 0 Å². The van der Waals surface area contributed by atoms with Crippen molar-refractivity contribution in [3.05, 3.63) is 0 Å². The van der Waals surface area contributed by atoms with Gasteiger partial charge in [-0.1, -0.05) is 13.8 Å². The maximum Gasteiger partial charge on any atom is 0.0596 e. The normalized spacial score (nSPS) is 19.0. The first kappa shape index (κ1) is 15.9. The van der Waals surface area contributed by atoms with E-state index in [4.69, 9.17) is 4.74 Å². The van der Waals surface area contributed by atoms with Gasteiger partial charge in [-0.2, -0.15) is 0 Å². The van der Waals surface area contributed by atoms with Crippen LogP contribution in [-0.2, 0) is 4.74 Å². The van der Waals surface area contributed by atoms with Crippen LogP contribution >= 0.6 is 0 Å². The predicted molar refractivity (Wildman–Crippen MR) is 77.1 cm³/mol. The molecule has 1 rings (SSSR count). The topological polar surface area (TPSA) is 27.7 Å². The van der Waals surface area contributed by atoms with Crippen LogP contribution in [0.4, 0.5) is 0 Å². The Morgan fingerprint density at radius 1 is 0.944 bits per heavy atom. The number of hydrogen-bond donors (Lipinski definition) is 1. The number of nitrogens with zero attached hydrogens (tertiary/aromatic N) is 2. The van der Waals surface area contributed by atoms with Crippen molar-refractivity contribution >= 4 is 0 Å². The first-order valence-corrected chi connectivity index (χ1v) is 7.37. The van der Waals surface area contributed by atoms with E-state index in [9.17, 15) is 0 Å². The summed E-state index contributed by atoms with van der Waals surface area (Å²) in [5.74, 6) is 0. The summed E-state index contributed by atoms with van der Waals surface area (Å²) in [6.07, 6.45) is 0.355. The summed E-state index contributed by atoms with van der Waals surface area (Å²) in [5, 5.41) is 3.48. The lowest BCUT2D eigenvalue weighted by Crippen LogP contribution is -2.49. The van der Waals surface area contributed by atoms with Gasteiger partial charge in [0.05, 0.1) is 12.7 Å². The highest BCUT2D eigenvalue weighted by atomic mass is 16.5. The van der Waals surface area contributed by atoms with Crippen LogP contribution in [0.1, 0.15) is 27.7 Å². The fourth-order valence-electron chi connectivity index (χ4n) is 2.17. The molecule has 1 aliphatic heterocycles. The third-order valence-corrected chi connectivity index (χ3v) is 3.30. The third kappa shape index (κ3) is 7.31. The van der Waals surface area contributed by atoms with Gasteiger partial charge in [0.2, 0.25) is 0 Å². The number of rotatable bonds is 8. The number of ether oxygens (including phenoxy) is 1. The molecule has 0 aliphatic carbocycles. The third-order valence-electron chi connectivity index (χ3n) is 3.30. The average molecular weight is 257 g/mol. The maximum absolute atomic E-state index is 5.60. The summed E-state index contributed by atoms with van der Waals surface area (Å²) in [7, 11) is 0. The summed E-state index contributed by atoms with van der Waals surface area (Å²) >= 11 is 0. The summed E-state index contributed by atoms with van der Waals surface area (Å²) in [4.78, 5) is 5.06. The second kappa shape index (κ2) is 8.86. The van der Waals surface area contributed by atoms with E-state index < -0.39 is 0 Å². The van der Waals surface area contributed by atoms with Gasteiger partial charge in [-0.3, -0.25) is 9.80 Å². The second-order valence-corrected chi connectivity index (χ2v) is 5.71. The Morgan fingerprint density at radius 3 is 2.00 bits per heavy atom. The molecule has 0 aromatic rings. The summed E-state index contributed by atoms with van der Waals surface area (Å²) in [6.45, 7) is 17.6. The molecular formula is C14H31N3O. The van der Waals surface area contributed by atoms with Crippen LogP contribution in [-0.4, -0.2) is 74.4 Å². The Kier molecular flexibility index (Phi) is 7.82. The van der Waals surface area contributed by atoms with Crippen molar-refractivity contribution in [2.45, 2.75) is 39.8 Å². The summed E-state index contributed by atoms with van der Waals surface area (Å²) in [6, 6.07) is 0.597. The lowest BCUT2D eigenvalue weighted by Gasteiger charge is -2.34. The number of piperazine rings is 1. The Balaban J connectivity index is 2.02. The molecule has 0 saturated carbocycles. The lowest BCUT2D eigenvalue weighted by molar-refractivity contribution is 0.0449. The molecule has 0 aromatic heterocycles. The standard InChI is InChI=1S/C14H31N3O/c1-13(2)15-5-6-16-7-9-17(10-8-16)11-12-18-14(3)4/h13-15H,5-12H2,1-4H3. The molecule has 0 unspecified atom stereocenters. The molecular weight excluding hydrogens is 226 g/mol. The van der Waals surface area contributed by atoms with Crippen LogP contribution in [0.15, 0.2) is 0 Å². The zero-order chi connectivity index (χ0) is 13.4. The molecule has 0 amide bonds. The minimum Gasteiger partial charge on any atom is -0.377 e. The van der Waals surface area contributed by atoms with E-state index in [-0.39, 0.29) is 0 Å². The van der Waals surface area contributed by atoms with Crippen molar-refractivity contribution in [1.82, 2.24) is 15.1 Å². The van der Waals surface area contributed by atoms with E-state index in [1.165, 1.54) is 32.7 Å². The van der Waals surface area contributed by atoms with E-state index >= 15 is 0 Å². The largest absolute Gasteiger partial charge is 0.377 e. The van der Waals surface area contributed by atoms with Gasteiger partial charge in [0, 0.05) is 51.9 Å². The SMILES string of the molecule is CC(C)NCCN1CCN(CCOC(C)C)CC1. The highest BCUT2D eigenvalue weighted by Crippen LogP contribution is 2.01. The van der Waals surface area contributed by atoms with Crippen LogP contribution < -0.4 is 5.32 Å². The molecule has 1 fully saturated rings.